The Balaban J connectivity index is 2.23. The summed E-state index contributed by atoms with van der Waals surface area (Å²) in [5, 5.41) is 6.94. The van der Waals surface area contributed by atoms with Crippen molar-refractivity contribution in [3.63, 3.8) is 0 Å². The molecule has 0 radical (unpaired) electrons. The fourth-order valence-corrected chi connectivity index (χ4v) is 2.22. The summed E-state index contributed by atoms with van der Waals surface area (Å²) in [4.78, 5) is 16.7. The van der Waals surface area contributed by atoms with Gasteiger partial charge in [0.25, 0.3) is 5.91 Å². The summed E-state index contributed by atoms with van der Waals surface area (Å²) in [5.41, 5.74) is 0.803. The van der Waals surface area contributed by atoms with Crippen molar-refractivity contribution in [2.75, 3.05) is 33.4 Å². The molecule has 96 valence electrons. The van der Waals surface area contributed by atoms with Crippen molar-refractivity contribution < 1.29 is 9.53 Å². The Morgan fingerprint density at radius 1 is 1.35 bits per heavy atom. The van der Waals surface area contributed by atoms with Gasteiger partial charge < -0.3 is 15.4 Å². The standard InChI is InChI=1S/C11H19N3O2S/c1-8-10(17-9(2)14-8)11(15)13-5-4-12-6-7-16-3/h12H,4-7H2,1-3H3,(H,13,15). The van der Waals surface area contributed by atoms with Crippen molar-refractivity contribution in [3.05, 3.63) is 15.6 Å². The highest BCUT2D eigenvalue weighted by molar-refractivity contribution is 7.13. The van der Waals surface area contributed by atoms with Crippen LogP contribution < -0.4 is 10.6 Å². The van der Waals surface area contributed by atoms with Gasteiger partial charge in [-0.25, -0.2) is 4.98 Å². The zero-order chi connectivity index (χ0) is 12.7. The predicted molar refractivity (Wildman–Crippen MR) is 68.7 cm³/mol. The van der Waals surface area contributed by atoms with Crippen LogP contribution in [0.1, 0.15) is 20.4 Å². The Bertz CT molecular complexity index is 366. The summed E-state index contributed by atoms with van der Waals surface area (Å²) in [5.74, 6) is -0.0401. The zero-order valence-corrected chi connectivity index (χ0v) is 11.3. The molecule has 1 aromatic heterocycles. The number of thiazole rings is 1. The van der Waals surface area contributed by atoms with E-state index >= 15 is 0 Å². The zero-order valence-electron chi connectivity index (χ0n) is 10.5. The number of hydrogen-bond acceptors (Lipinski definition) is 5. The first kappa shape index (κ1) is 14.1. The first-order chi connectivity index (χ1) is 8.15. The van der Waals surface area contributed by atoms with Gasteiger partial charge in [-0.15, -0.1) is 11.3 Å². The van der Waals surface area contributed by atoms with Crippen LogP contribution in [0.2, 0.25) is 0 Å². The van der Waals surface area contributed by atoms with Gasteiger partial charge in [-0.2, -0.15) is 0 Å². The predicted octanol–water partition coefficient (Wildman–Crippen LogP) is 0.726. The van der Waals surface area contributed by atoms with Crippen molar-refractivity contribution in [1.29, 1.82) is 0 Å². The van der Waals surface area contributed by atoms with Crippen LogP contribution in [-0.2, 0) is 4.74 Å². The molecule has 6 heteroatoms. The molecule has 0 fully saturated rings. The molecule has 1 amide bonds. The Morgan fingerprint density at radius 3 is 2.71 bits per heavy atom. The molecule has 0 aliphatic heterocycles. The highest BCUT2D eigenvalue weighted by Gasteiger charge is 2.12. The largest absolute Gasteiger partial charge is 0.383 e. The minimum Gasteiger partial charge on any atom is -0.383 e. The highest BCUT2D eigenvalue weighted by Crippen LogP contribution is 2.16. The number of carbonyl (C=O) groups is 1. The van der Waals surface area contributed by atoms with Gasteiger partial charge in [0, 0.05) is 26.7 Å². The molecule has 0 spiro atoms. The Kier molecular flexibility index (Phi) is 6.10. The number of hydrogen-bond donors (Lipinski definition) is 2. The number of aryl methyl sites for hydroxylation is 2. The lowest BCUT2D eigenvalue weighted by Gasteiger charge is -2.05. The quantitative estimate of drug-likeness (QED) is 0.707. The number of carbonyl (C=O) groups excluding carboxylic acids is 1. The maximum absolute atomic E-state index is 11.8. The fraction of sp³-hybridized carbons (Fsp3) is 0.636. The summed E-state index contributed by atoms with van der Waals surface area (Å²) < 4.78 is 4.90. The topological polar surface area (TPSA) is 63.2 Å². The van der Waals surface area contributed by atoms with Gasteiger partial charge in [0.05, 0.1) is 17.3 Å². The van der Waals surface area contributed by atoms with E-state index in [4.69, 9.17) is 4.74 Å². The van der Waals surface area contributed by atoms with E-state index in [2.05, 4.69) is 15.6 Å². The first-order valence-corrected chi connectivity index (χ1v) is 6.38. The van der Waals surface area contributed by atoms with Crippen molar-refractivity contribution in [1.82, 2.24) is 15.6 Å². The molecule has 1 heterocycles. The maximum Gasteiger partial charge on any atom is 0.263 e. The average Bonchev–Trinajstić information content (AvgIpc) is 2.62. The molecule has 0 bridgehead atoms. The fourth-order valence-electron chi connectivity index (χ4n) is 1.39. The number of aromatic nitrogens is 1. The van der Waals surface area contributed by atoms with Crippen molar-refractivity contribution in [2.24, 2.45) is 0 Å². The molecule has 0 aromatic carbocycles. The minimum absolute atomic E-state index is 0.0401. The van der Waals surface area contributed by atoms with Crippen molar-refractivity contribution >= 4 is 17.2 Å². The van der Waals surface area contributed by atoms with Gasteiger partial charge in [-0.3, -0.25) is 4.79 Å². The molecule has 0 aliphatic carbocycles. The highest BCUT2D eigenvalue weighted by atomic mass is 32.1. The smallest absolute Gasteiger partial charge is 0.263 e. The van der Waals surface area contributed by atoms with E-state index in [1.54, 1.807) is 7.11 Å². The van der Waals surface area contributed by atoms with Gasteiger partial charge in [-0.1, -0.05) is 0 Å². The number of amides is 1. The Labute approximate surface area is 106 Å². The number of nitrogens with one attached hydrogen (secondary N) is 2. The molecule has 0 saturated carbocycles. The SMILES string of the molecule is COCCNCCNC(=O)c1sc(C)nc1C. The summed E-state index contributed by atoms with van der Waals surface area (Å²) in [7, 11) is 1.67. The third-order valence-corrected chi connectivity index (χ3v) is 3.25. The number of nitrogens with zero attached hydrogens (tertiary/aromatic N) is 1. The second-order valence-electron chi connectivity index (χ2n) is 3.65. The van der Waals surface area contributed by atoms with Crippen LogP contribution in [0.4, 0.5) is 0 Å². The molecular weight excluding hydrogens is 238 g/mol. The maximum atomic E-state index is 11.8. The first-order valence-electron chi connectivity index (χ1n) is 5.57. The summed E-state index contributed by atoms with van der Waals surface area (Å²) in [6.07, 6.45) is 0. The molecule has 1 aromatic rings. The second kappa shape index (κ2) is 7.37. The number of methoxy groups -OCH3 is 1. The molecule has 0 atom stereocenters. The van der Waals surface area contributed by atoms with Gasteiger partial charge in [0.2, 0.25) is 0 Å². The Morgan fingerprint density at radius 2 is 2.12 bits per heavy atom. The van der Waals surface area contributed by atoms with E-state index in [0.29, 0.717) is 18.0 Å². The summed E-state index contributed by atoms with van der Waals surface area (Å²) in [6, 6.07) is 0. The third kappa shape index (κ3) is 4.80. The second-order valence-corrected chi connectivity index (χ2v) is 4.85. The van der Waals surface area contributed by atoms with Gasteiger partial charge >= 0.3 is 0 Å². The van der Waals surface area contributed by atoms with Gasteiger partial charge in [0.1, 0.15) is 4.88 Å². The molecule has 1 rings (SSSR count). The van der Waals surface area contributed by atoms with E-state index in [0.717, 1.165) is 23.8 Å². The molecule has 5 nitrogen and oxygen atoms in total. The summed E-state index contributed by atoms with van der Waals surface area (Å²) in [6.45, 7) is 6.59. The van der Waals surface area contributed by atoms with Crippen LogP contribution in [0.5, 0.6) is 0 Å². The van der Waals surface area contributed by atoms with Crippen LogP contribution >= 0.6 is 11.3 Å². The van der Waals surface area contributed by atoms with Gasteiger partial charge in [0.15, 0.2) is 0 Å². The van der Waals surface area contributed by atoms with Crippen LogP contribution in [0.25, 0.3) is 0 Å². The van der Waals surface area contributed by atoms with E-state index in [9.17, 15) is 4.79 Å². The van der Waals surface area contributed by atoms with E-state index in [1.807, 2.05) is 13.8 Å². The molecule has 0 unspecified atom stereocenters. The number of rotatable bonds is 7. The normalized spacial score (nSPS) is 10.5. The number of ether oxygens (including phenoxy) is 1. The molecule has 0 aliphatic rings. The average molecular weight is 257 g/mol. The van der Waals surface area contributed by atoms with Crippen LogP contribution in [-0.4, -0.2) is 44.2 Å². The van der Waals surface area contributed by atoms with E-state index in [-0.39, 0.29) is 5.91 Å². The van der Waals surface area contributed by atoms with Crippen LogP contribution in [0.3, 0.4) is 0 Å². The van der Waals surface area contributed by atoms with Crippen molar-refractivity contribution in [3.8, 4) is 0 Å². The molecular formula is C11H19N3O2S. The molecule has 0 saturated heterocycles. The van der Waals surface area contributed by atoms with Crippen LogP contribution in [0.15, 0.2) is 0 Å². The Hall–Kier alpha value is -0.980. The monoisotopic (exact) mass is 257 g/mol. The van der Waals surface area contributed by atoms with Gasteiger partial charge in [-0.05, 0) is 13.8 Å². The molecule has 2 N–H and O–H groups in total. The lowest BCUT2D eigenvalue weighted by molar-refractivity contribution is 0.0957. The van der Waals surface area contributed by atoms with Crippen LogP contribution in [0, 0.1) is 13.8 Å². The van der Waals surface area contributed by atoms with E-state index < -0.39 is 0 Å². The lowest BCUT2D eigenvalue weighted by atomic mass is 10.3. The summed E-state index contributed by atoms with van der Waals surface area (Å²) >= 11 is 1.43. The lowest BCUT2D eigenvalue weighted by Crippen LogP contribution is -2.33. The van der Waals surface area contributed by atoms with Crippen molar-refractivity contribution in [2.45, 2.75) is 13.8 Å². The van der Waals surface area contributed by atoms with E-state index in [1.165, 1.54) is 11.3 Å². The molecule has 17 heavy (non-hydrogen) atoms. The third-order valence-electron chi connectivity index (χ3n) is 2.18. The minimum atomic E-state index is -0.0401.